The van der Waals surface area contributed by atoms with E-state index in [4.69, 9.17) is 4.74 Å². The molecule has 124 valence electrons. The van der Waals surface area contributed by atoms with Crippen LogP contribution in [0.25, 0.3) is 10.8 Å². The maximum Gasteiger partial charge on any atom is 0.128 e. The quantitative estimate of drug-likeness (QED) is 0.584. The van der Waals surface area contributed by atoms with Gasteiger partial charge in [-0.1, -0.05) is 76.3 Å². The molecule has 2 heteroatoms. The van der Waals surface area contributed by atoms with Gasteiger partial charge < -0.3 is 4.74 Å². The molecule has 1 unspecified atom stereocenters. The van der Waals surface area contributed by atoms with Gasteiger partial charge in [0.05, 0.1) is 8.07 Å². The van der Waals surface area contributed by atoms with Crippen molar-refractivity contribution in [2.24, 2.45) is 0 Å². The summed E-state index contributed by atoms with van der Waals surface area (Å²) in [6.07, 6.45) is 1.18. The summed E-state index contributed by atoms with van der Waals surface area (Å²) in [5, 5.41) is 1.90. The molecule has 1 atom stereocenters. The lowest BCUT2D eigenvalue weighted by atomic mass is 10.00. The number of rotatable bonds is 1. The Kier molecular flexibility index (Phi) is 3.33. The molecule has 1 nitrogen and oxygen atoms in total. The van der Waals surface area contributed by atoms with Crippen molar-refractivity contribution < 1.29 is 4.74 Å². The Hall–Kier alpha value is -1.80. The van der Waals surface area contributed by atoms with Gasteiger partial charge in [0.15, 0.2) is 0 Å². The molecule has 0 amide bonds. The summed E-state index contributed by atoms with van der Waals surface area (Å²) in [7, 11) is -1.71. The van der Waals surface area contributed by atoms with Crippen LogP contribution in [0.3, 0.4) is 0 Å². The largest absolute Gasteiger partial charge is 0.485 e. The third-order valence-electron chi connectivity index (χ3n) is 6.23. The summed E-state index contributed by atoms with van der Waals surface area (Å²) >= 11 is 0. The van der Waals surface area contributed by atoms with Gasteiger partial charge in [-0.3, -0.25) is 0 Å². The van der Waals surface area contributed by atoms with Crippen molar-refractivity contribution in [1.82, 2.24) is 0 Å². The number of para-hydroxylation sites is 1. The zero-order valence-electron chi connectivity index (χ0n) is 15.3. The van der Waals surface area contributed by atoms with Crippen LogP contribution in [0.4, 0.5) is 0 Å². The molecule has 0 bridgehead atoms. The normalized spacial score (nSPS) is 19.5. The van der Waals surface area contributed by atoms with Crippen LogP contribution in [0.5, 0.6) is 5.75 Å². The summed E-state index contributed by atoms with van der Waals surface area (Å²) in [6, 6.07) is 17.5. The highest BCUT2D eigenvalue weighted by atomic mass is 28.3. The summed E-state index contributed by atoms with van der Waals surface area (Å²) in [4.78, 5) is 0. The number of benzene rings is 2. The van der Waals surface area contributed by atoms with E-state index in [2.05, 4.69) is 82.4 Å². The van der Waals surface area contributed by atoms with Crippen LogP contribution in [0.15, 0.2) is 48.5 Å². The molecule has 2 aliphatic rings. The second-order valence-corrected chi connectivity index (χ2v) is 13.9. The third kappa shape index (κ3) is 2.12. The van der Waals surface area contributed by atoms with Crippen LogP contribution in [0, 0.1) is 0 Å². The number of hydrogen-bond acceptors (Lipinski definition) is 1. The first-order valence-electron chi connectivity index (χ1n) is 8.90. The van der Waals surface area contributed by atoms with E-state index in [-0.39, 0.29) is 6.10 Å². The van der Waals surface area contributed by atoms with Gasteiger partial charge in [0.1, 0.15) is 11.9 Å². The number of hydrogen-bond donors (Lipinski definition) is 0. The van der Waals surface area contributed by atoms with Gasteiger partial charge in [-0.25, -0.2) is 0 Å². The van der Waals surface area contributed by atoms with Gasteiger partial charge in [-0.2, -0.15) is 0 Å². The molecule has 1 aliphatic heterocycles. The highest BCUT2D eigenvalue weighted by molar-refractivity contribution is 6.98. The van der Waals surface area contributed by atoms with Crippen molar-refractivity contribution in [3.63, 3.8) is 0 Å². The topological polar surface area (TPSA) is 9.23 Å². The molecule has 0 fully saturated rings. The standard InChI is InChI=1S/C22H26OSi/c1-22(2,3)24(4,5)21-17-12-8-9-13-18(17)23-19-14-15-10-6-7-11-16(15)20(19)21/h6-13,19H,14H2,1-5H3. The molecule has 4 rings (SSSR count). The first-order chi connectivity index (χ1) is 11.3. The van der Waals surface area contributed by atoms with Crippen molar-refractivity contribution in [3.8, 4) is 5.75 Å². The van der Waals surface area contributed by atoms with Gasteiger partial charge in [0.25, 0.3) is 0 Å². The lowest BCUT2D eigenvalue weighted by Crippen LogP contribution is -2.41. The zero-order chi connectivity index (χ0) is 17.1. The Balaban J connectivity index is 2.06. The molecule has 1 heterocycles. The van der Waals surface area contributed by atoms with Crippen LogP contribution < -0.4 is 4.74 Å². The minimum absolute atomic E-state index is 0.182. The molecule has 24 heavy (non-hydrogen) atoms. The van der Waals surface area contributed by atoms with E-state index in [9.17, 15) is 0 Å². The van der Waals surface area contributed by atoms with Gasteiger partial charge in [-0.05, 0) is 27.4 Å². The smallest absolute Gasteiger partial charge is 0.128 e. The minimum Gasteiger partial charge on any atom is -0.485 e. The first-order valence-corrected chi connectivity index (χ1v) is 11.9. The fraction of sp³-hybridized carbons (Fsp3) is 0.364. The van der Waals surface area contributed by atoms with Crippen LogP contribution >= 0.6 is 0 Å². The first kappa shape index (κ1) is 15.7. The van der Waals surface area contributed by atoms with Crippen molar-refractivity contribution in [1.29, 1.82) is 0 Å². The summed E-state index contributed by atoms with van der Waals surface area (Å²) in [6.45, 7) is 12.3. The van der Waals surface area contributed by atoms with Crippen LogP contribution in [0.2, 0.25) is 18.1 Å². The van der Waals surface area contributed by atoms with E-state index < -0.39 is 8.07 Å². The number of fused-ring (bicyclic) bond motifs is 4. The summed E-state index contributed by atoms with van der Waals surface area (Å²) in [5.41, 5.74) is 5.64. The fourth-order valence-electron chi connectivity index (χ4n) is 3.96. The predicted molar refractivity (Wildman–Crippen MR) is 105 cm³/mol. The molecule has 0 saturated heterocycles. The fourth-order valence-corrected chi connectivity index (χ4v) is 6.55. The predicted octanol–water partition coefficient (Wildman–Crippen LogP) is 5.96. The zero-order valence-corrected chi connectivity index (χ0v) is 16.3. The van der Waals surface area contributed by atoms with E-state index in [1.807, 2.05) is 0 Å². The van der Waals surface area contributed by atoms with E-state index in [1.54, 1.807) is 5.20 Å². The van der Waals surface area contributed by atoms with Gasteiger partial charge >= 0.3 is 0 Å². The molecule has 2 aromatic rings. The monoisotopic (exact) mass is 334 g/mol. The van der Waals surface area contributed by atoms with Crippen molar-refractivity contribution in [3.05, 3.63) is 65.2 Å². The van der Waals surface area contributed by atoms with Crippen LogP contribution in [0.1, 0.15) is 37.5 Å². The Bertz CT molecular complexity index is 839. The molecule has 1 aliphatic carbocycles. The highest BCUT2D eigenvalue weighted by Gasteiger charge is 2.46. The van der Waals surface area contributed by atoms with Crippen molar-refractivity contribution in [2.75, 3.05) is 0 Å². The minimum atomic E-state index is -1.71. The number of ether oxygens (including phenoxy) is 1. The van der Waals surface area contributed by atoms with E-state index in [0.717, 1.165) is 12.2 Å². The van der Waals surface area contributed by atoms with Crippen LogP contribution in [-0.4, -0.2) is 14.2 Å². The second kappa shape index (κ2) is 5.09. The lowest BCUT2D eigenvalue weighted by molar-refractivity contribution is 0.261. The Morgan fingerprint density at radius 3 is 2.25 bits per heavy atom. The molecular weight excluding hydrogens is 308 g/mol. The molecular formula is C22H26OSi. The highest BCUT2D eigenvalue weighted by Crippen LogP contribution is 2.54. The SMILES string of the molecule is CC(C)(C)[Si](C)(C)C1=C2c3ccccc3CC2Oc2ccccc21. The van der Waals surface area contributed by atoms with E-state index in [0.29, 0.717) is 5.04 Å². The molecule has 0 radical (unpaired) electrons. The van der Waals surface area contributed by atoms with Gasteiger partial charge in [-0.15, -0.1) is 0 Å². The average Bonchev–Trinajstić information content (AvgIpc) is 2.89. The summed E-state index contributed by atoms with van der Waals surface area (Å²) < 4.78 is 6.44. The maximum absolute atomic E-state index is 6.44. The molecule has 0 N–H and O–H groups in total. The van der Waals surface area contributed by atoms with E-state index >= 15 is 0 Å². The molecule has 0 aromatic heterocycles. The molecule has 0 spiro atoms. The molecule has 2 aromatic carbocycles. The van der Waals surface area contributed by atoms with E-state index in [1.165, 1.54) is 22.3 Å². The average molecular weight is 335 g/mol. The van der Waals surface area contributed by atoms with Crippen LogP contribution in [-0.2, 0) is 6.42 Å². The Morgan fingerprint density at radius 1 is 0.917 bits per heavy atom. The maximum atomic E-state index is 6.44. The van der Waals surface area contributed by atoms with Gasteiger partial charge in [0, 0.05) is 17.6 Å². The van der Waals surface area contributed by atoms with Gasteiger partial charge in [0.2, 0.25) is 0 Å². The Morgan fingerprint density at radius 2 is 1.54 bits per heavy atom. The Labute approximate surface area is 146 Å². The van der Waals surface area contributed by atoms with Crippen molar-refractivity contribution in [2.45, 2.75) is 51.4 Å². The lowest BCUT2D eigenvalue weighted by Gasteiger charge is -2.43. The molecule has 0 saturated carbocycles. The van der Waals surface area contributed by atoms with Crippen molar-refractivity contribution >= 4 is 18.8 Å². The second-order valence-electron chi connectivity index (χ2n) is 8.63. The summed E-state index contributed by atoms with van der Waals surface area (Å²) in [5.74, 6) is 1.07. The third-order valence-corrected chi connectivity index (χ3v) is 11.8.